The average Bonchev–Trinajstić information content (AvgIpc) is 3.11. The van der Waals surface area contributed by atoms with Gasteiger partial charge in [-0.1, -0.05) is 18.5 Å². The molecule has 1 N–H and O–H groups in total. The molecule has 1 saturated heterocycles. The molecule has 162 valence electrons. The van der Waals surface area contributed by atoms with Crippen LogP contribution in [0.15, 0.2) is 46.0 Å². The minimum atomic E-state index is -3.45. The quantitative estimate of drug-likeness (QED) is 0.623. The predicted molar refractivity (Wildman–Crippen MR) is 116 cm³/mol. The molecule has 8 nitrogen and oxygen atoms in total. The van der Waals surface area contributed by atoms with Crippen molar-refractivity contribution in [1.29, 1.82) is 0 Å². The highest BCUT2D eigenvalue weighted by molar-refractivity contribution is 7.91. The fourth-order valence-corrected chi connectivity index (χ4v) is 5.40. The van der Waals surface area contributed by atoms with E-state index in [2.05, 4.69) is 20.2 Å². The molecule has 2 fully saturated rings. The van der Waals surface area contributed by atoms with E-state index in [4.69, 9.17) is 16.0 Å². The van der Waals surface area contributed by atoms with Gasteiger partial charge in [0.05, 0.1) is 5.75 Å². The zero-order valence-corrected chi connectivity index (χ0v) is 18.4. The number of hydrogen-bond acceptors (Lipinski definition) is 7. The Hall–Kier alpha value is -2.65. The summed E-state index contributed by atoms with van der Waals surface area (Å²) in [6.45, 7) is 3.21. The third-order valence-electron chi connectivity index (χ3n) is 6.05. The molecule has 1 aliphatic carbocycles. The topological polar surface area (TPSA) is 105 Å². The lowest BCUT2D eigenvalue weighted by Gasteiger charge is -2.58. The number of rotatable bonds is 5. The number of fused-ring (bicyclic) bond motifs is 1. The van der Waals surface area contributed by atoms with Crippen LogP contribution < -0.4 is 10.2 Å². The lowest BCUT2D eigenvalue weighted by molar-refractivity contribution is 0.0414. The molecular weight excluding hydrogens is 440 g/mol. The summed E-state index contributed by atoms with van der Waals surface area (Å²) in [5.41, 5.74) is 1.92. The fourth-order valence-electron chi connectivity index (χ4n) is 4.41. The summed E-state index contributed by atoms with van der Waals surface area (Å²) in [6.07, 6.45) is 3.09. The standard InChI is InChI=1S/C21H21ClN4O4S/c1-2-31(28,29)18-7-13(5-6-23-18)19(27)24-15-9-21(10-15)11-26(12-21)20-25-16-8-14(22)3-4-17(16)30-20/h3-8,15H,2,9-12H2,1H3,(H,24,27). The van der Waals surface area contributed by atoms with Crippen molar-refractivity contribution >= 4 is 44.5 Å². The van der Waals surface area contributed by atoms with Crippen LogP contribution in [0.4, 0.5) is 6.01 Å². The maximum atomic E-state index is 12.6. The predicted octanol–water partition coefficient (Wildman–Crippen LogP) is 3.07. The summed E-state index contributed by atoms with van der Waals surface area (Å²) in [5, 5.41) is 3.56. The Morgan fingerprint density at radius 3 is 2.81 bits per heavy atom. The van der Waals surface area contributed by atoms with Crippen LogP contribution in [0.1, 0.15) is 30.1 Å². The van der Waals surface area contributed by atoms with Gasteiger partial charge in [0.1, 0.15) is 5.52 Å². The molecule has 3 aromatic rings. The van der Waals surface area contributed by atoms with Crippen molar-refractivity contribution in [3.8, 4) is 0 Å². The molecule has 2 aliphatic rings. The molecule has 0 bridgehead atoms. The van der Waals surface area contributed by atoms with Crippen LogP contribution in [0.5, 0.6) is 0 Å². The second-order valence-corrected chi connectivity index (χ2v) is 11.0. The summed E-state index contributed by atoms with van der Waals surface area (Å²) in [5.74, 6) is -0.332. The van der Waals surface area contributed by atoms with Crippen LogP contribution in [0.2, 0.25) is 5.02 Å². The van der Waals surface area contributed by atoms with Gasteiger partial charge in [0, 0.05) is 41.3 Å². The fraction of sp³-hybridized carbons (Fsp3) is 0.381. The van der Waals surface area contributed by atoms with Crippen molar-refractivity contribution < 1.29 is 17.6 Å². The molecule has 1 amide bonds. The first-order valence-electron chi connectivity index (χ1n) is 10.1. The maximum absolute atomic E-state index is 12.6. The zero-order chi connectivity index (χ0) is 21.8. The van der Waals surface area contributed by atoms with E-state index < -0.39 is 9.84 Å². The number of pyridine rings is 1. The molecule has 0 atom stereocenters. The second-order valence-electron chi connectivity index (χ2n) is 8.33. The summed E-state index contributed by atoms with van der Waals surface area (Å²) in [7, 11) is -3.45. The van der Waals surface area contributed by atoms with E-state index in [0.717, 1.165) is 31.4 Å². The van der Waals surface area contributed by atoms with Gasteiger partial charge >= 0.3 is 0 Å². The Labute approximate surface area is 184 Å². The van der Waals surface area contributed by atoms with Crippen molar-refractivity contribution in [1.82, 2.24) is 15.3 Å². The van der Waals surface area contributed by atoms with Gasteiger partial charge in [-0.2, -0.15) is 4.98 Å². The number of sulfone groups is 1. The summed E-state index contributed by atoms with van der Waals surface area (Å²) < 4.78 is 29.8. The van der Waals surface area contributed by atoms with Crippen molar-refractivity contribution in [2.75, 3.05) is 23.7 Å². The Morgan fingerprint density at radius 2 is 2.06 bits per heavy atom. The van der Waals surface area contributed by atoms with Gasteiger partial charge < -0.3 is 14.6 Å². The van der Waals surface area contributed by atoms with E-state index in [1.54, 1.807) is 19.1 Å². The number of carbonyl (C=O) groups excluding carboxylic acids is 1. The Bertz CT molecular complexity index is 1280. The number of amides is 1. The van der Waals surface area contributed by atoms with Crippen LogP contribution in [0.25, 0.3) is 11.1 Å². The molecule has 1 spiro atoms. The third-order valence-corrected chi connectivity index (χ3v) is 7.91. The van der Waals surface area contributed by atoms with E-state index in [1.165, 1.54) is 18.3 Å². The van der Waals surface area contributed by atoms with Gasteiger partial charge in [0.2, 0.25) is 0 Å². The van der Waals surface area contributed by atoms with Crippen LogP contribution in [0.3, 0.4) is 0 Å². The van der Waals surface area contributed by atoms with Crippen LogP contribution in [-0.4, -0.2) is 49.2 Å². The van der Waals surface area contributed by atoms with E-state index in [-0.39, 0.29) is 28.1 Å². The number of carbonyl (C=O) groups is 1. The SMILES string of the molecule is CCS(=O)(=O)c1cc(C(=O)NC2CC3(C2)CN(c2nc4cc(Cl)ccc4o2)C3)ccn1. The third kappa shape index (κ3) is 3.65. The first-order valence-corrected chi connectivity index (χ1v) is 12.1. The van der Waals surface area contributed by atoms with Gasteiger partial charge in [-0.3, -0.25) is 4.79 Å². The molecule has 1 saturated carbocycles. The van der Waals surface area contributed by atoms with E-state index in [9.17, 15) is 13.2 Å². The lowest BCUT2D eigenvalue weighted by atomic mass is 9.60. The highest BCUT2D eigenvalue weighted by Crippen LogP contribution is 2.49. The molecule has 1 aliphatic heterocycles. The molecule has 1 aromatic carbocycles. The molecule has 5 rings (SSSR count). The number of nitrogens with one attached hydrogen (secondary N) is 1. The summed E-state index contributed by atoms with van der Waals surface area (Å²) >= 11 is 6.01. The van der Waals surface area contributed by atoms with Crippen molar-refractivity contribution in [3.63, 3.8) is 0 Å². The van der Waals surface area contributed by atoms with Crippen LogP contribution in [0, 0.1) is 5.41 Å². The Kier molecular flexibility index (Phi) is 4.71. The highest BCUT2D eigenvalue weighted by atomic mass is 35.5. The summed E-state index contributed by atoms with van der Waals surface area (Å²) in [4.78, 5) is 23.1. The van der Waals surface area contributed by atoms with Gasteiger partial charge in [-0.25, -0.2) is 13.4 Å². The normalized spacial score (nSPS) is 18.1. The van der Waals surface area contributed by atoms with Crippen LogP contribution in [-0.2, 0) is 9.84 Å². The van der Waals surface area contributed by atoms with E-state index in [0.29, 0.717) is 22.2 Å². The Balaban J connectivity index is 1.17. The number of aromatic nitrogens is 2. The molecule has 0 unspecified atom stereocenters. The van der Waals surface area contributed by atoms with Crippen molar-refractivity contribution in [3.05, 3.63) is 47.1 Å². The second kappa shape index (κ2) is 7.20. The molecule has 3 heterocycles. The number of hydrogen-bond donors (Lipinski definition) is 1. The maximum Gasteiger partial charge on any atom is 0.298 e. The van der Waals surface area contributed by atoms with Crippen molar-refractivity contribution in [2.24, 2.45) is 5.41 Å². The first kappa shape index (κ1) is 20.3. The minimum absolute atomic E-state index is 0.0557. The molecule has 10 heteroatoms. The minimum Gasteiger partial charge on any atom is -0.423 e. The molecule has 0 radical (unpaired) electrons. The highest BCUT2D eigenvalue weighted by Gasteiger charge is 2.53. The van der Waals surface area contributed by atoms with Gasteiger partial charge in [0.25, 0.3) is 11.9 Å². The molecule has 31 heavy (non-hydrogen) atoms. The number of halogens is 1. The lowest BCUT2D eigenvalue weighted by Crippen LogP contribution is -2.66. The zero-order valence-electron chi connectivity index (χ0n) is 16.8. The molecule has 2 aromatic heterocycles. The van der Waals surface area contributed by atoms with Gasteiger partial charge in [-0.05, 0) is 43.2 Å². The largest absolute Gasteiger partial charge is 0.423 e. The van der Waals surface area contributed by atoms with E-state index in [1.807, 2.05) is 6.07 Å². The summed E-state index contributed by atoms with van der Waals surface area (Å²) in [6, 6.07) is 8.91. The average molecular weight is 461 g/mol. The van der Waals surface area contributed by atoms with Gasteiger partial charge in [0.15, 0.2) is 20.4 Å². The van der Waals surface area contributed by atoms with Gasteiger partial charge in [-0.15, -0.1) is 0 Å². The molecular formula is C21H21ClN4O4S. The Morgan fingerprint density at radius 1 is 1.29 bits per heavy atom. The first-order chi connectivity index (χ1) is 14.8. The number of nitrogens with zero attached hydrogens (tertiary/aromatic N) is 3. The number of anilines is 1. The number of benzene rings is 1. The smallest absolute Gasteiger partial charge is 0.298 e. The van der Waals surface area contributed by atoms with Crippen molar-refractivity contribution in [2.45, 2.75) is 30.8 Å². The monoisotopic (exact) mass is 460 g/mol. The number of oxazole rings is 1. The van der Waals surface area contributed by atoms with Crippen LogP contribution >= 0.6 is 11.6 Å². The van der Waals surface area contributed by atoms with E-state index >= 15 is 0 Å².